The van der Waals surface area contributed by atoms with Crippen molar-refractivity contribution in [3.63, 3.8) is 0 Å². The lowest BCUT2D eigenvalue weighted by molar-refractivity contribution is 0.0590. The van der Waals surface area contributed by atoms with Crippen LogP contribution in [0, 0.1) is 0 Å². The molecule has 6 nitrogen and oxygen atoms in total. The summed E-state index contributed by atoms with van der Waals surface area (Å²) in [4.78, 5) is 16.1. The number of aromatic amines is 1. The second-order valence-electron chi connectivity index (χ2n) is 4.28. The summed E-state index contributed by atoms with van der Waals surface area (Å²) in [5.41, 5.74) is 0.401. The van der Waals surface area contributed by atoms with Crippen LogP contribution in [0.15, 0.2) is 6.20 Å². The minimum absolute atomic E-state index is 0.0304. The van der Waals surface area contributed by atoms with Gasteiger partial charge in [-0.3, -0.25) is 9.69 Å². The summed E-state index contributed by atoms with van der Waals surface area (Å²) in [7, 11) is 0. The smallest absolute Gasteiger partial charge is 0.276 e. The van der Waals surface area contributed by atoms with Gasteiger partial charge in [0, 0.05) is 32.2 Å². The van der Waals surface area contributed by atoms with E-state index in [-0.39, 0.29) is 5.91 Å². The fourth-order valence-corrected chi connectivity index (χ4v) is 1.91. The first-order valence-corrected chi connectivity index (χ1v) is 5.57. The Hall–Kier alpha value is -1.43. The third-order valence-electron chi connectivity index (χ3n) is 2.97. The van der Waals surface area contributed by atoms with E-state index in [1.165, 1.54) is 6.20 Å². The predicted octanol–water partition coefficient (Wildman–Crippen LogP) is -0.0291. The number of carbonyl (C=O) groups is 1. The summed E-state index contributed by atoms with van der Waals surface area (Å²) in [5, 5.41) is 9.91. The average molecular weight is 223 g/mol. The van der Waals surface area contributed by atoms with Gasteiger partial charge in [0.25, 0.3) is 5.91 Å². The van der Waals surface area contributed by atoms with E-state index in [2.05, 4.69) is 34.2 Å². The molecule has 16 heavy (non-hydrogen) atoms. The Kier molecular flexibility index (Phi) is 3.19. The molecule has 1 aromatic heterocycles. The molecule has 1 N–H and O–H groups in total. The molecular weight excluding hydrogens is 206 g/mol. The van der Waals surface area contributed by atoms with E-state index in [4.69, 9.17) is 0 Å². The van der Waals surface area contributed by atoms with Crippen LogP contribution < -0.4 is 0 Å². The van der Waals surface area contributed by atoms with Crippen LogP contribution in [0.2, 0.25) is 0 Å². The summed E-state index contributed by atoms with van der Waals surface area (Å²) >= 11 is 0. The molecule has 1 amide bonds. The number of nitrogens with one attached hydrogen (secondary N) is 1. The topological polar surface area (TPSA) is 65.1 Å². The van der Waals surface area contributed by atoms with Crippen LogP contribution in [0.3, 0.4) is 0 Å². The van der Waals surface area contributed by atoms with Crippen LogP contribution in [-0.4, -0.2) is 63.3 Å². The van der Waals surface area contributed by atoms with E-state index < -0.39 is 0 Å². The van der Waals surface area contributed by atoms with Gasteiger partial charge in [0.05, 0.1) is 6.20 Å². The Morgan fingerprint density at radius 3 is 2.56 bits per heavy atom. The van der Waals surface area contributed by atoms with Crippen molar-refractivity contribution < 1.29 is 4.79 Å². The largest absolute Gasteiger partial charge is 0.335 e. The van der Waals surface area contributed by atoms with Gasteiger partial charge in [0.2, 0.25) is 0 Å². The van der Waals surface area contributed by atoms with Gasteiger partial charge in [0.1, 0.15) is 0 Å². The van der Waals surface area contributed by atoms with Crippen molar-refractivity contribution in [2.24, 2.45) is 0 Å². The van der Waals surface area contributed by atoms with E-state index >= 15 is 0 Å². The molecule has 1 saturated heterocycles. The third kappa shape index (κ3) is 2.21. The molecule has 88 valence electrons. The third-order valence-corrected chi connectivity index (χ3v) is 2.97. The molecule has 0 atom stereocenters. The van der Waals surface area contributed by atoms with Crippen LogP contribution in [0.25, 0.3) is 0 Å². The first-order chi connectivity index (χ1) is 7.68. The molecular formula is C10H17N5O. The number of piperazine rings is 1. The molecule has 0 aliphatic carbocycles. The predicted molar refractivity (Wildman–Crippen MR) is 59.0 cm³/mol. The number of hydrogen-bond acceptors (Lipinski definition) is 4. The van der Waals surface area contributed by atoms with Gasteiger partial charge in [0.15, 0.2) is 5.69 Å². The normalized spacial score (nSPS) is 18.1. The zero-order valence-corrected chi connectivity index (χ0v) is 9.68. The quantitative estimate of drug-likeness (QED) is 0.764. The zero-order chi connectivity index (χ0) is 11.5. The Morgan fingerprint density at radius 1 is 1.38 bits per heavy atom. The van der Waals surface area contributed by atoms with Crippen LogP contribution in [-0.2, 0) is 0 Å². The van der Waals surface area contributed by atoms with E-state index in [1.54, 1.807) is 0 Å². The first kappa shape index (κ1) is 11.1. The van der Waals surface area contributed by atoms with E-state index in [1.807, 2.05) is 4.90 Å². The van der Waals surface area contributed by atoms with Crippen molar-refractivity contribution in [2.75, 3.05) is 26.2 Å². The lowest BCUT2D eigenvalue weighted by atomic mass is 10.2. The molecule has 0 unspecified atom stereocenters. The maximum absolute atomic E-state index is 11.9. The highest BCUT2D eigenvalue weighted by atomic mass is 16.2. The molecule has 0 radical (unpaired) electrons. The summed E-state index contributed by atoms with van der Waals surface area (Å²) in [6, 6.07) is 0.546. The Balaban J connectivity index is 1.92. The van der Waals surface area contributed by atoms with Crippen LogP contribution in [0.1, 0.15) is 24.3 Å². The molecule has 1 fully saturated rings. The summed E-state index contributed by atoms with van der Waals surface area (Å²) in [5.74, 6) is -0.0304. The molecule has 0 spiro atoms. The van der Waals surface area contributed by atoms with Crippen LogP contribution >= 0.6 is 0 Å². The maximum atomic E-state index is 11.9. The van der Waals surface area contributed by atoms with Gasteiger partial charge in [-0.25, -0.2) is 0 Å². The van der Waals surface area contributed by atoms with E-state index in [0.717, 1.165) is 26.2 Å². The Bertz CT molecular complexity index is 340. The highest BCUT2D eigenvalue weighted by Crippen LogP contribution is 2.08. The second-order valence-corrected chi connectivity index (χ2v) is 4.28. The highest BCUT2D eigenvalue weighted by molar-refractivity contribution is 5.91. The molecule has 2 rings (SSSR count). The number of nitrogens with zero attached hydrogens (tertiary/aromatic N) is 4. The highest BCUT2D eigenvalue weighted by Gasteiger charge is 2.24. The zero-order valence-electron chi connectivity index (χ0n) is 9.68. The number of hydrogen-bond donors (Lipinski definition) is 1. The van der Waals surface area contributed by atoms with Crippen LogP contribution in [0.4, 0.5) is 0 Å². The van der Waals surface area contributed by atoms with Crippen molar-refractivity contribution >= 4 is 5.91 Å². The maximum Gasteiger partial charge on any atom is 0.276 e. The van der Waals surface area contributed by atoms with Crippen molar-refractivity contribution in [1.82, 2.24) is 25.2 Å². The number of carbonyl (C=O) groups excluding carboxylic acids is 1. The van der Waals surface area contributed by atoms with E-state index in [9.17, 15) is 4.79 Å². The van der Waals surface area contributed by atoms with Crippen molar-refractivity contribution in [1.29, 1.82) is 0 Å². The minimum atomic E-state index is -0.0304. The van der Waals surface area contributed by atoms with Crippen molar-refractivity contribution in [2.45, 2.75) is 19.9 Å². The average Bonchev–Trinajstić information content (AvgIpc) is 2.81. The summed E-state index contributed by atoms with van der Waals surface area (Å²) in [6.45, 7) is 7.75. The van der Waals surface area contributed by atoms with Crippen molar-refractivity contribution in [3.8, 4) is 0 Å². The number of amides is 1. The second kappa shape index (κ2) is 4.61. The van der Waals surface area contributed by atoms with E-state index in [0.29, 0.717) is 11.7 Å². The lowest BCUT2D eigenvalue weighted by Gasteiger charge is -2.36. The van der Waals surface area contributed by atoms with Gasteiger partial charge >= 0.3 is 0 Å². The lowest BCUT2D eigenvalue weighted by Crippen LogP contribution is -2.50. The van der Waals surface area contributed by atoms with Gasteiger partial charge in [-0.15, -0.1) is 0 Å². The van der Waals surface area contributed by atoms with Crippen LogP contribution in [0.5, 0.6) is 0 Å². The summed E-state index contributed by atoms with van der Waals surface area (Å²) < 4.78 is 0. The van der Waals surface area contributed by atoms with Crippen molar-refractivity contribution in [3.05, 3.63) is 11.9 Å². The molecule has 1 aromatic rings. The van der Waals surface area contributed by atoms with Gasteiger partial charge in [-0.2, -0.15) is 15.4 Å². The number of H-pyrrole nitrogens is 1. The molecule has 1 aliphatic rings. The van der Waals surface area contributed by atoms with Gasteiger partial charge < -0.3 is 4.90 Å². The monoisotopic (exact) mass is 223 g/mol. The SMILES string of the molecule is CC(C)N1CCN(C(=O)c2cn[nH]n2)CC1. The minimum Gasteiger partial charge on any atom is -0.335 e. The number of aromatic nitrogens is 3. The molecule has 6 heteroatoms. The molecule has 1 aliphatic heterocycles. The van der Waals surface area contributed by atoms with Gasteiger partial charge in [-0.1, -0.05) is 0 Å². The molecule has 0 aromatic carbocycles. The standard InChI is InChI=1S/C10H17N5O/c1-8(2)14-3-5-15(6-4-14)10(16)9-7-11-13-12-9/h7-8H,3-6H2,1-2H3,(H,11,12,13). The molecule has 2 heterocycles. The Morgan fingerprint density at radius 2 is 2.06 bits per heavy atom. The number of rotatable bonds is 2. The summed E-state index contributed by atoms with van der Waals surface area (Å²) in [6.07, 6.45) is 1.47. The first-order valence-electron chi connectivity index (χ1n) is 5.57. The molecule has 0 saturated carbocycles. The fraction of sp³-hybridized carbons (Fsp3) is 0.700. The molecule has 0 bridgehead atoms. The Labute approximate surface area is 94.6 Å². The van der Waals surface area contributed by atoms with Gasteiger partial charge in [-0.05, 0) is 13.8 Å². The fourth-order valence-electron chi connectivity index (χ4n) is 1.91.